The Morgan fingerprint density at radius 3 is 0.920 bits per heavy atom. The topological polar surface area (TPSA) is 0 Å². The average Bonchev–Trinajstić information content (AvgIpc) is 2.34. The summed E-state index contributed by atoms with van der Waals surface area (Å²) in [5, 5.41) is 0. The zero-order chi connectivity index (χ0) is 21.1. The molecule has 0 aliphatic carbocycles. The monoisotopic (exact) mass is 420 g/mol. The molecule has 0 bridgehead atoms. The Balaban J connectivity index is 6.32. The van der Waals surface area contributed by atoms with E-state index in [2.05, 4.69) is 0 Å². The maximum atomic E-state index is 12.8. The molecule has 0 amide bonds. The first-order chi connectivity index (χ1) is 10.4. The van der Waals surface area contributed by atoms with Crippen LogP contribution in [-0.2, 0) is 0 Å². The molecule has 0 aromatic carbocycles. The van der Waals surface area contributed by atoms with Crippen LogP contribution < -0.4 is 0 Å². The van der Waals surface area contributed by atoms with Gasteiger partial charge < -0.3 is 0 Å². The molecule has 0 saturated carbocycles. The fourth-order valence-corrected chi connectivity index (χ4v) is 1.12. The van der Waals surface area contributed by atoms with Gasteiger partial charge in [-0.15, -0.1) is 0 Å². The van der Waals surface area contributed by atoms with Crippen LogP contribution in [0.1, 0.15) is 0 Å². The third-order valence-electron chi connectivity index (χ3n) is 2.58. The lowest BCUT2D eigenvalue weighted by atomic mass is 9.92. The van der Waals surface area contributed by atoms with Crippen molar-refractivity contribution in [3.63, 3.8) is 0 Å². The molecule has 152 valence electrons. The first-order valence-electron chi connectivity index (χ1n) is 5.07. The lowest BCUT2D eigenvalue weighted by Crippen LogP contribution is -2.70. The number of halogens is 17. The molecule has 0 aromatic heterocycles. The maximum Gasteiger partial charge on any atom is 0.460 e. The van der Waals surface area contributed by atoms with E-state index in [1.54, 1.807) is 0 Å². The average molecular weight is 420 g/mol. The molecule has 0 N–H and O–H groups in total. The summed E-state index contributed by atoms with van der Waals surface area (Å²) in [5.41, 5.74) is 0. The van der Waals surface area contributed by atoms with Crippen LogP contribution in [0.15, 0.2) is 0 Å². The van der Waals surface area contributed by atoms with E-state index in [-0.39, 0.29) is 0 Å². The van der Waals surface area contributed by atoms with Gasteiger partial charge in [-0.3, -0.25) is 0 Å². The maximum absolute atomic E-state index is 12.8. The Kier molecular flexibility index (Phi) is 5.38. The first-order valence-corrected chi connectivity index (χ1v) is 5.07. The molecule has 17 heteroatoms. The van der Waals surface area contributed by atoms with Gasteiger partial charge in [-0.05, 0) is 0 Å². The van der Waals surface area contributed by atoms with E-state index in [4.69, 9.17) is 0 Å². The number of hydrogen-bond donors (Lipinski definition) is 0. The second kappa shape index (κ2) is 5.65. The van der Waals surface area contributed by atoms with Crippen LogP contribution in [0.2, 0.25) is 0 Å². The van der Waals surface area contributed by atoms with Gasteiger partial charge in [0.05, 0.1) is 0 Å². The SMILES string of the molecule is FC(C(F)(F)C(F)(F)F)C(F)(F)C(F)(F)C(F)(F)C(F)(F)C(F)(F)F. The van der Waals surface area contributed by atoms with E-state index >= 15 is 0 Å². The predicted molar refractivity (Wildman–Crippen MR) is 41.7 cm³/mol. The van der Waals surface area contributed by atoms with Gasteiger partial charge in [0.15, 0.2) is 0 Å². The fourth-order valence-electron chi connectivity index (χ4n) is 1.12. The fraction of sp³-hybridized carbons (Fsp3) is 1.00. The molecule has 0 saturated heterocycles. The molecule has 0 radical (unpaired) electrons. The normalized spacial score (nSPS) is 17.6. The van der Waals surface area contributed by atoms with Crippen LogP contribution in [0.25, 0.3) is 0 Å². The van der Waals surface area contributed by atoms with Crippen molar-refractivity contribution in [3.8, 4) is 0 Å². The molecule has 1 atom stereocenters. The first kappa shape index (κ1) is 23.8. The molecule has 0 rings (SSSR count). The third kappa shape index (κ3) is 3.17. The van der Waals surface area contributed by atoms with Crippen molar-refractivity contribution in [2.24, 2.45) is 0 Å². The van der Waals surface area contributed by atoms with Gasteiger partial charge >= 0.3 is 42.0 Å². The Hall–Kier alpha value is -1.19. The standard InChI is InChI=1S/C8HF17/c9-1(3(12,13)7(20,21)22)2(10,11)4(14,15)5(16,17)6(18,19)8(23,24)25/h1H. The van der Waals surface area contributed by atoms with Gasteiger partial charge in [-0.1, -0.05) is 0 Å². The van der Waals surface area contributed by atoms with Crippen LogP contribution in [-0.4, -0.2) is 48.1 Å². The van der Waals surface area contributed by atoms with Crippen LogP contribution in [0.4, 0.5) is 74.6 Å². The predicted octanol–water partition coefficient (Wildman–Crippen LogP) is 5.63. The summed E-state index contributed by atoms with van der Waals surface area (Å²) in [7, 11) is 0. The van der Waals surface area contributed by atoms with Crippen molar-refractivity contribution >= 4 is 0 Å². The molecule has 25 heavy (non-hydrogen) atoms. The number of hydrogen-bond acceptors (Lipinski definition) is 0. The third-order valence-corrected chi connectivity index (χ3v) is 2.58. The lowest BCUT2D eigenvalue weighted by Gasteiger charge is -2.39. The van der Waals surface area contributed by atoms with Gasteiger partial charge in [0.25, 0.3) is 0 Å². The molecule has 1 unspecified atom stereocenters. The molecule has 0 aromatic rings. The molecule has 0 aliphatic rings. The largest absolute Gasteiger partial charge is 0.460 e. The van der Waals surface area contributed by atoms with Crippen molar-refractivity contribution in [2.45, 2.75) is 48.1 Å². The van der Waals surface area contributed by atoms with E-state index in [1.165, 1.54) is 0 Å². The summed E-state index contributed by atoms with van der Waals surface area (Å²) in [6.07, 6.45) is -21.7. The highest BCUT2D eigenvalue weighted by Gasteiger charge is 2.90. The van der Waals surface area contributed by atoms with E-state index in [0.717, 1.165) is 0 Å². The molecule has 0 spiro atoms. The van der Waals surface area contributed by atoms with E-state index < -0.39 is 48.1 Å². The molecule has 0 heterocycles. The molecule has 0 aliphatic heterocycles. The second-order valence-electron chi connectivity index (χ2n) is 4.33. The summed E-state index contributed by atoms with van der Waals surface area (Å²) in [6.45, 7) is 0. The zero-order valence-corrected chi connectivity index (χ0v) is 10.5. The molecular weight excluding hydrogens is 419 g/mol. The Morgan fingerprint density at radius 2 is 0.680 bits per heavy atom. The highest BCUT2D eigenvalue weighted by molar-refractivity contribution is 5.11. The van der Waals surface area contributed by atoms with Gasteiger partial charge in [0.2, 0.25) is 6.17 Å². The summed E-state index contributed by atoms with van der Waals surface area (Å²) in [6, 6.07) is 0. The van der Waals surface area contributed by atoms with Gasteiger partial charge in [0.1, 0.15) is 0 Å². The summed E-state index contributed by atoms with van der Waals surface area (Å²) >= 11 is 0. The van der Waals surface area contributed by atoms with E-state index in [1.807, 2.05) is 0 Å². The van der Waals surface area contributed by atoms with Crippen molar-refractivity contribution in [1.82, 2.24) is 0 Å². The Labute approximate surface area is 124 Å². The van der Waals surface area contributed by atoms with Crippen molar-refractivity contribution < 1.29 is 74.6 Å². The molecule has 0 fully saturated rings. The second-order valence-corrected chi connectivity index (χ2v) is 4.33. The van der Waals surface area contributed by atoms with Crippen LogP contribution in [0, 0.1) is 0 Å². The minimum Gasteiger partial charge on any atom is -0.233 e. The van der Waals surface area contributed by atoms with E-state index in [0.29, 0.717) is 0 Å². The smallest absolute Gasteiger partial charge is 0.233 e. The summed E-state index contributed by atoms with van der Waals surface area (Å²) in [4.78, 5) is 0. The minimum atomic E-state index is -8.31. The van der Waals surface area contributed by atoms with Crippen LogP contribution >= 0.6 is 0 Å². The lowest BCUT2D eigenvalue weighted by molar-refractivity contribution is -0.437. The van der Waals surface area contributed by atoms with Crippen molar-refractivity contribution in [1.29, 1.82) is 0 Å². The van der Waals surface area contributed by atoms with E-state index in [9.17, 15) is 74.6 Å². The van der Waals surface area contributed by atoms with Crippen LogP contribution in [0.3, 0.4) is 0 Å². The van der Waals surface area contributed by atoms with Gasteiger partial charge in [-0.2, -0.15) is 70.2 Å². The summed E-state index contributed by atoms with van der Waals surface area (Å²) < 4.78 is 208. The van der Waals surface area contributed by atoms with Crippen LogP contribution in [0.5, 0.6) is 0 Å². The minimum absolute atomic E-state index is 6.62. The summed E-state index contributed by atoms with van der Waals surface area (Å²) in [5.74, 6) is -40.1. The number of rotatable bonds is 5. The molecular formula is C8HF17. The highest BCUT2D eigenvalue weighted by atomic mass is 19.4. The Morgan fingerprint density at radius 1 is 0.360 bits per heavy atom. The van der Waals surface area contributed by atoms with Crippen molar-refractivity contribution in [3.05, 3.63) is 0 Å². The Bertz CT molecular complexity index is 478. The van der Waals surface area contributed by atoms with Gasteiger partial charge in [-0.25, -0.2) is 4.39 Å². The van der Waals surface area contributed by atoms with Gasteiger partial charge in [0, 0.05) is 0 Å². The highest BCUT2D eigenvalue weighted by Crippen LogP contribution is 2.60. The quantitative estimate of drug-likeness (QED) is 0.507. The number of alkyl halides is 17. The molecule has 0 nitrogen and oxygen atoms in total. The zero-order valence-electron chi connectivity index (χ0n) is 10.5. The van der Waals surface area contributed by atoms with Crippen molar-refractivity contribution in [2.75, 3.05) is 0 Å².